The standard InChI is InChI=1S/C20H23N3O3/c1-22(2)13-7-3-4-8-14-11-12-17(23(25)26)19-18(14)20(24)15-9-5-6-10-16(15)21-19/h5-6,9-12H,3-4,7-8,13H2,1-2H3,(H,21,24). The van der Waals surface area contributed by atoms with E-state index in [9.17, 15) is 14.9 Å². The Morgan fingerprint density at radius 1 is 1.08 bits per heavy atom. The van der Waals surface area contributed by atoms with Crippen molar-refractivity contribution >= 4 is 27.5 Å². The van der Waals surface area contributed by atoms with Crippen molar-refractivity contribution < 1.29 is 4.92 Å². The fraction of sp³-hybridized carbons (Fsp3) is 0.350. The maximum atomic E-state index is 13.0. The van der Waals surface area contributed by atoms with Gasteiger partial charge in [0.05, 0.1) is 10.3 Å². The van der Waals surface area contributed by atoms with E-state index in [4.69, 9.17) is 0 Å². The number of para-hydroxylation sites is 1. The summed E-state index contributed by atoms with van der Waals surface area (Å²) in [5, 5.41) is 12.4. The minimum atomic E-state index is -0.437. The predicted octanol–water partition coefficient (Wildman–Crippen LogP) is 3.86. The normalized spacial score (nSPS) is 11.5. The average Bonchev–Trinajstić information content (AvgIpc) is 2.61. The number of aryl methyl sites for hydroxylation is 1. The van der Waals surface area contributed by atoms with Crippen molar-refractivity contribution in [2.75, 3.05) is 20.6 Å². The Bertz CT molecular complexity index is 1010. The van der Waals surface area contributed by atoms with Crippen molar-refractivity contribution in [3.63, 3.8) is 0 Å². The first-order valence-corrected chi connectivity index (χ1v) is 8.85. The summed E-state index contributed by atoms with van der Waals surface area (Å²) < 4.78 is 0. The number of unbranched alkanes of at least 4 members (excludes halogenated alkanes) is 2. The quantitative estimate of drug-likeness (QED) is 0.303. The Labute approximate surface area is 151 Å². The first-order valence-electron chi connectivity index (χ1n) is 8.85. The van der Waals surface area contributed by atoms with Crippen molar-refractivity contribution in [2.24, 2.45) is 0 Å². The lowest BCUT2D eigenvalue weighted by atomic mass is 9.99. The fourth-order valence-corrected chi connectivity index (χ4v) is 3.36. The molecular formula is C20H23N3O3. The highest BCUT2D eigenvalue weighted by Crippen LogP contribution is 2.27. The molecule has 0 bridgehead atoms. The molecular weight excluding hydrogens is 330 g/mol. The summed E-state index contributed by atoms with van der Waals surface area (Å²) in [4.78, 5) is 29.3. The maximum absolute atomic E-state index is 13.0. The van der Waals surface area contributed by atoms with E-state index in [1.807, 2.05) is 12.1 Å². The van der Waals surface area contributed by atoms with Crippen LogP contribution in [0.5, 0.6) is 0 Å². The molecule has 6 nitrogen and oxygen atoms in total. The summed E-state index contributed by atoms with van der Waals surface area (Å²) in [5.41, 5.74) is 1.63. The number of fused-ring (bicyclic) bond motifs is 2. The number of benzene rings is 2. The van der Waals surface area contributed by atoms with Crippen LogP contribution in [-0.2, 0) is 6.42 Å². The molecule has 1 aromatic heterocycles. The summed E-state index contributed by atoms with van der Waals surface area (Å²) in [6, 6.07) is 10.4. The lowest BCUT2D eigenvalue weighted by molar-refractivity contribution is -0.383. The van der Waals surface area contributed by atoms with Gasteiger partial charge in [-0.2, -0.15) is 0 Å². The average molecular weight is 353 g/mol. The zero-order valence-corrected chi connectivity index (χ0v) is 15.1. The molecule has 1 N–H and O–H groups in total. The Morgan fingerprint density at radius 3 is 2.58 bits per heavy atom. The second kappa shape index (κ2) is 7.66. The van der Waals surface area contributed by atoms with Gasteiger partial charge in [-0.25, -0.2) is 0 Å². The van der Waals surface area contributed by atoms with Gasteiger partial charge < -0.3 is 9.88 Å². The second-order valence-corrected chi connectivity index (χ2v) is 6.86. The van der Waals surface area contributed by atoms with Crippen LogP contribution in [0.3, 0.4) is 0 Å². The predicted molar refractivity (Wildman–Crippen MR) is 105 cm³/mol. The number of nitrogens with one attached hydrogen (secondary N) is 1. The van der Waals surface area contributed by atoms with Crippen LogP contribution in [0.4, 0.5) is 5.69 Å². The number of pyridine rings is 1. The smallest absolute Gasteiger partial charge is 0.293 e. The summed E-state index contributed by atoms with van der Waals surface area (Å²) in [7, 11) is 4.10. The van der Waals surface area contributed by atoms with Gasteiger partial charge in [0.25, 0.3) is 5.69 Å². The molecule has 0 atom stereocenters. The topological polar surface area (TPSA) is 79.2 Å². The molecule has 0 aliphatic rings. The number of hydrogen-bond donors (Lipinski definition) is 1. The first kappa shape index (κ1) is 18.1. The minimum Gasteiger partial charge on any atom is -0.349 e. The van der Waals surface area contributed by atoms with Crippen molar-refractivity contribution in [3.05, 3.63) is 62.3 Å². The molecule has 1 heterocycles. The molecule has 0 radical (unpaired) electrons. The maximum Gasteiger partial charge on any atom is 0.293 e. The molecule has 26 heavy (non-hydrogen) atoms. The number of nitro groups is 1. The number of non-ortho nitro benzene ring substituents is 1. The van der Waals surface area contributed by atoms with Gasteiger partial charge in [-0.05, 0) is 57.6 Å². The van der Waals surface area contributed by atoms with E-state index >= 15 is 0 Å². The van der Waals surface area contributed by atoms with Crippen LogP contribution in [0, 0.1) is 10.1 Å². The van der Waals surface area contributed by atoms with E-state index in [1.54, 1.807) is 18.2 Å². The van der Waals surface area contributed by atoms with Gasteiger partial charge in [0.2, 0.25) is 0 Å². The van der Waals surface area contributed by atoms with Gasteiger partial charge in [-0.3, -0.25) is 14.9 Å². The Morgan fingerprint density at radius 2 is 1.85 bits per heavy atom. The highest BCUT2D eigenvalue weighted by Gasteiger charge is 2.18. The lowest BCUT2D eigenvalue weighted by Crippen LogP contribution is -2.12. The molecule has 0 spiro atoms. The zero-order chi connectivity index (χ0) is 18.7. The largest absolute Gasteiger partial charge is 0.349 e. The monoisotopic (exact) mass is 353 g/mol. The highest BCUT2D eigenvalue weighted by molar-refractivity contribution is 5.98. The molecule has 0 aliphatic carbocycles. The molecule has 3 aromatic rings. The van der Waals surface area contributed by atoms with Gasteiger partial charge in [-0.1, -0.05) is 24.6 Å². The SMILES string of the molecule is CN(C)CCCCCc1ccc([N+](=O)[O-])c2[nH]c3ccccc3c(=O)c12. The molecule has 0 aliphatic heterocycles. The minimum absolute atomic E-state index is 0.0563. The summed E-state index contributed by atoms with van der Waals surface area (Å²) in [6.07, 6.45) is 3.84. The first-order chi connectivity index (χ1) is 12.5. The lowest BCUT2D eigenvalue weighted by Gasteiger charge is -2.10. The van der Waals surface area contributed by atoms with Crippen LogP contribution in [0.1, 0.15) is 24.8 Å². The number of rotatable bonds is 7. The summed E-state index contributed by atoms with van der Waals surface area (Å²) >= 11 is 0. The summed E-state index contributed by atoms with van der Waals surface area (Å²) in [6.45, 7) is 1.03. The zero-order valence-electron chi connectivity index (χ0n) is 15.1. The molecule has 0 saturated carbocycles. The van der Waals surface area contributed by atoms with E-state index in [0.717, 1.165) is 37.8 Å². The van der Waals surface area contributed by atoms with Crippen molar-refractivity contribution in [2.45, 2.75) is 25.7 Å². The van der Waals surface area contributed by atoms with Crippen LogP contribution < -0.4 is 5.43 Å². The molecule has 0 amide bonds. The third-order valence-corrected chi connectivity index (χ3v) is 4.68. The van der Waals surface area contributed by atoms with Crippen molar-refractivity contribution in [1.82, 2.24) is 9.88 Å². The number of aromatic nitrogens is 1. The van der Waals surface area contributed by atoms with E-state index in [-0.39, 0.29) is 11.1 Å². The molecule has 136 valence electrons. The van der Waals surface area contributed by atoms with Crippen LogP contribution in [0.15, 0.2) is 41.2 Å². The van der Waals surface area contributed by atoms with Gasteiger partial charge in [0.1, 0.15) is 5.52 Å². The molecule has 0 saturated heterocycles. The van der Waals surface area contributed by atoms with Crippen molar-refractivity contribution in [3.8, 4) is 0 Å². The van der Waals surface area contributed by atoms with Crippen molar-refractivity contribution in [1.29, 1.82) is 0 Å². The number of hydrogen-bond acceptors (Lipinski definition) is 4. The van der Waals surface area contributed by atoms with Gasteiger partial charge in [0.15, 0.2) is 5.43 Å². The third kappa shape index (κ3) is 3.60. The molecule has 6 heteroatoms. The van der Waals surface area contributed by atoms with E-state index in [0.29, 0.717) is 21.8 Å². The van der Waals surface area contributed by atoms with Crippen LogP contribution in [0.2, 0.25) is 0 Å². The number of H-pyrrole nitrogens is 1. The number of aromatic amines is 1. The Kier molecular flexibility index (Phi) is 5.32. The van der Waals surface area contributed by atoms with Crippen LogP contribution in [0.25, 0.3) is 21.8 Å². The fourth-order valence-electron chi connectivity index (χ4n) is 3.36. The third-order valence-electron chi connectivity index (χ3n) is 4.68. The van der Waals surface area contributed by atoms with Crippen LogP contribution in [-0.4, -0.2) is 35.4 Å². The van der Waals surface area contributed by atoms with Crippen LogP contribution >= 0.6 is 0 Å². The van der Waals surface area contributed by atoms with E-state index in [2.05, 4.69) is 24.0 Å². The molecule has 3 rings (SSSR count). The Hall–Kier alpha value is -2.73. The van der Waals surface area contributed by atoms with Gasteiger partial charge >= 0.3 is 0 Å². The molecule has 2 aromatic carbocycles. The number of nitro benzene ring substituents is 1. The number of nitrogens with zero attached hydrogens (tertiary/aromatic N) is 2. The summed E-state index contributed by atoms with van der Waals surface area (Å²) in [5.74, 6) is 0. The van der Waals surface area contributed by atoms with E-state index in [1.165, 1.54) is 6.07 Å². The van der Waals surface area contributed by atoms with E-state index < -0.39 is 4.92 Å². The highest BCUT2D eigenvalue weighted by atomic mass is 16.6. The second-order valence-electron chi connectivity index (χ2n) is 6.86. The molecule has 0 fully saturated rings. The van der Waals surface area contributed by atoms with Gasteiger partial charge in [-0.15, -0.1) is 0 Å². The van der Waals surface area contributed by atoms with Gasteiger partial charge in [0, 0.05) is 17.0 Å². The molecule has 0 unspecified atom stereocenters. The Balaban J connectivity index is 2.04.